The summed E-state index contributed by atoms with van der Waals surface area (Å²) in [7, 11) is -3.86. The molecule has 0 aliphatic carbocycles. The fourth-order valence-electron chi connectivity index (χ4n) is 2.68. The molecule has 1 amide bonds. The highest BCUT2D eigenvalue weighted by atomic mass is 32.2. The van der Waals surface area contributed by atoms with E-state index in [1.54, 1.807) is 13.0 Å². The van der Waals surface area contributed by atoms with Gasteiger partial charge in [-0.1, -0.05) is 6.07 Å². The summed E-state index contributed by atoms with van der Waals surface area (Å²) in [5, 5.41) is 2.69. The van der Waals surface area contributed by atoms with Crippen LogP contribution in [0.15, 0.2) is 41.3 Å². The van der Waals surface area contributed by atoms with Crippen LogP contribution in [0.1, 0.15) is 30.5 Å². The minimum absolute atomic E-state index is 0.0526. The van der Waals surface area contributed by atoms with Gasteiger partial charge in [-0.15, -0.1) is 0 Å². The number of hydrogen-bond donors (Lipinski definition) is 2. The lowest BCUT2D eigenvalue weighted by Gasteiger charge is -2.19. The number of aryl methyl sites for hydroxylation is 1. The first-order valence-electron chi connectivity index (χ1n) is 7.66. The Labute approximate surface area is 144 Å². The van der Waals surface area contributed by atoms with Gasteiger partial charge in [-0.3, -0.25) is 4.79 Å². The first kappa shape index (κ1) is 17.5. The molecule has 25 heavy (non-hydrogen) atoms. The molecule has 0 aromatic heterocycles. The predicted octanol–water partition coefficient (Wildman–Crippen LogP) is 2.89. The number of carbonyl (C=O) groups excluding carboxylic acids is 1. The number of anilines is 1. The summed E-state index contributed by atoms with van der Waals surface area (Å²) in [6.07, 6.45) is 0.762. The standard InChI is InChI=1S/C17H16F2N2O3S/c1-10(11-2-5-14(18)15(19)9-11)21-25(23,24)13-4-6-16-12(8-13)3-7-17(22)20-16/h2,4-6,8-10,21H,3,7H2,1H3,(H,20,22)/t10-/m0/s1. The van der Waals surface area contributed by atoms with Crippen molar-refractivity contribution in [3.05, 3.63) is 59.2 Å². The lowest BCUT2D eigenvalue weighted by molar-refractivity contribution is -0.116. The zero-order chi connectivity index (χ0) is 18.2. The molecule has 0 unspecified atom stereocenters. The fraction of sp³-hybridized carbons (Fsp3) is 0.235. The molecule has 0 fully saturated rings. The Bertz CT molecular complexity index is 945. The monoisotopic (exact) mass is 366 g/mol. The van der Waals surface area contributed by atoms with Crippen molar-refractivity contribution in [2.75, 3.05) is 5.32 Å². The van der Waals surface area contributed by atoms with E-state index in [4.69, 9.17) is 0 Å². The van der Waals surface area contributed by atoms with Gasteiger partial charge >= 0.3 is 0 Å². The van der Waals surface area contributed by atoms with Crippen LogP contribution < -0.4 is 10.0 Å². The number of hydrogen-bond acceptors (Lipinski definition) is 3. The number of rotatable bonds is 4. The van der Waals surface area contributed by atoms with Gasteiger partial charge in [-0.25, -0.2) is 21.9 Å². The van der Waals surface area contributed by atoms with Crippen molar-refractivity contribution in [3.8, 4) is 0 Å². The Hall–Kier alpha value is -2.32. The minimum atomic E-state index is -3.86. The Kier molecular flexibility index (Phi) is 4.57. The molecular weight excluding hydrogens is 350 g/mol. The van der Waals surface area contributed by atoms with Crippen LogP contribution in [-0.4, -0.2) is 14.3 Å². The molecule has 0 saturated heterocycles. The number of nitrogens with one attached hydrogen (secondary N) is 2. The quantitative estimate of drug-likeness (QED) is 0.874. The van der Waals surface area contributed by atoms with E-state index >= 15 is 0 Å². The lowest BCUT2D eigenvalue weighted by atomic mass is 10.0. The van der Waals surface area contributed by atoms with Gasteiger partial charge in [-0.05, 0) is 54.8 Å². The summed E-state index contributed by atoms with van der Waals surface area (Å²) in [6.45, 7) is 1.54. The van der Waals surface area contributed by atoms with E-state index < -0.39 is 27.7 Å². The summed E-state index contributed by atoms with van der Waals surface area (Å²) in [5.74, 6) is -2.13. The molecule has 0 radical (unpaired) electrons. The van der Waals surface area contributed by atoms with Crippen LogP contribution in [0.3, 0.4) is 0 Å². The number of halogens is 2. The van der Waals surface area contributed by atoms with Crippen molar-refractivity contribution >= 4 is 21.6 Å². The van der Waals surface area contributed by atoms with Crippen molar-refractivity contribution in [3.63, 3.8) is 0 Å². The van der Waals surface area contributed by atoms with Crippen LogP contribution in [0.25, 0.3) is 0 Å². The minimum Gasteiger partial charge on any atom is -0.326 e. The highest BCUT2D eigenvalue weighted by Gasteiger charge is 2.22. The van der Waals surface area contributed by atoms with E-state index in [1.165, 1.54) is 18.2 Å². The normalized spacial score (nSPS) is 15.4. The Morgan fingerprint density at radius 1 is 1.08 bits per heavy atom. The second-order valence-corrected chi connectivity index (χ2v) is 7.60. The maximum atomic E-state index is 13.3. The fourth-order valence-corrected chi connectivity index (χ4v) is 3.96. The molecule has 2 aromatic rings. The lowest BCUT2D eigenvalue weighted by Crippen LogP contribution is -2.27. The van der Waals surface area contributed by atoms with Crippen molar-refractivity contribution in [2.45, 2.75) is 30.7 Å². The second-order valence-electron chi connectivity index (χ2n) is 5.88. The summed E-state index contributed by atoms with van der Waals surface area (Å²) >= 11 is 0. The molecule has 5 nitrogen and oxygen atoms in total. The third-order valence-electron chi connectivity index (χ3n) is 4.06. The maximum absolute atomic E-state index is 13.3. The van der Waals surface area contributed by atoms with Gasteiger partial charge in [-0.2, -0.15) is 0 Å². The molecule has 0 bridgehead atoms. The van der Waals surface area contributed by atoms with Gasteiger partial charge < -0.3 is 5.32 Å². The zero-order valence-electron chi connectivity index (χ0n) is 13.3. The summed E-state index contributed by atoms with van der Waals surface area (Å²) < 4.78 is 53.9. The van der Waals surface area contributed by atoms with Gasteiger partial charge in [0, 0.05) is 18.2 Å². The first-order valence-corrected chi connectivity index (χ1v) is 9.14. The predicted molar refractivity (Wildman–Crippen MR) is 88.5 cm³/mol. The molecule has 1 heterocycles. The van der Waals surface area contributed by atoms with Gasteiger partial charge in [0.05, 0.1) is 4.90 Å². The van der Waals surface area contributed by atoms with Crippen molar-refractivity contribution in [1.82, 2.24) is 4.72 Å². The van der Waals surface area contributed by atoms with Crippen LogP contribution in [0.4, 0.5) is 14.5 Å². The molecule has 0 saturated carbocycles. The molecule has 1 aliphatic rings. The van der Waals surface area contributed by atoms with E-state index in [0.717, 1.165) is 17.7 Å². The zero-order valence-corrected chi connectivity index (χ0v) is 14.2. The molecular formula is C17H16F2N2O3S. The number of fused-ring (bicyclic) bond motifs is 1. The van der Waals surface area contributed by atoms with Gasteiger partial charge in [0.2, 0.25) is 15.9 Å². The molecule has 3 rings (SSSR count). The number of amides is 1. The van der Waals surface area contributed by atoms with Crippen LogP contribution in [0.2, 0.25) is 0 Å². The Morgan fingerprint density at radius 2 is 1.84 bits per heavy atom. The van der Waals surface area contributed by atoms with Gasteiger partial charge in [0.1, 0.15) is 0 Å². The largest absolute Gasteiger partial charge is 0.326 e. The molecule has 8 heteroatoms. The molecule has 132 valence electrons. The van der Waals surface area contributed by atoms with E-state index in [0.29, 0.717) is 24.1 Å². The van der Waals surface area contributed by atoms with E-state index in [1.807, 2.05) is 0 Å². The number of carbonyl (C=O) groups is 1. The smallest absolute Gasteiger partial charge is 0.241 e. The van der Waals surface area contributed by atoms with Crippen molar-refractivity contribution < 1.29 is 22.0 Å². The van der Waals surface area contributed by atoms with E-state index in [2.05, 4.69) is 10.0 Å². The molecule has 0 spiro atoms. The van der Waals surface area contributed by atoms with E-state index in [-0.39, 0.29) is 10.8 Å². The van der Waals surface area contributed by atoms with E-state index in [9.17, 15) is 22.0 Å². The van der Waals surface area contributed by atoms with Gasteiger partial charge in [0.25, 0.3) is 0 Å². The Morgan fingerprint density at radius 3 is 2.56 bits per heavy atom. The third-order valence-corrected chi connectivity index (χ3v) is 5.60. The summed E-state index contributed by atoms with van der Waals surface area (Å²) in [5.41, 5.74) is 1.65. The van der Waals surface area contributed by atoms with Crippen LogP contribution in [0.5, 0.6) is 0 Å². The highest BCUT2D eigenvalue weighted by molar-refractivity contribution is 7.89. The molecule has 2 aromatic carbocycles. The van der Waals surface area contributed by atoms with Gasteiger partial charge in [0.15, 0.2) is 11.6 Å². The van der Waals surface area contributed by atoms with Crippen LogP contribution in [0, 0.1) is 11.6 Å². The molecule has 1 aliphatic heterocycles. The summed E-state index contributed by atoms with van der Waals surface area (Å²) in [6, 6.07) is 6.95. The second kappa shape index (κ2) is 6.53. The average Bonchev–Trinajstić information content (AvgIpc) is 2.56. The maximum Gasteiger partial charge on any atom is 0.241 e. The third kappa shape index (κ3) is 3.69. The molecule has 2 N–H and O–H groups in total. The number of sulfonamides is 1. The topological polar surface area (TPSA) is 75.3 Å². The van der Waals surface area contributed by atoms with Crippen LogP contribution in [-0.2, 0) is 21.2 Å². The Balaban J connectivity index is 1.84. The van der Waals surface area contributed by atoms with Crippen molar-refractivity contribution in [1.29, 1.82) is 0 Å². The first-order chi connectivity index (χ1) is 11.8. The average molecular weight is 366 g/mol. The molecule has 1 atom stereocenters. The SMILES string of the molecule is C[C@H](NS(=O)(=O)c1ccc2c(c1)CCC(=O)N2)c1ccc(F)c(F)c1. The summed E-state index contributed by atoms with van der Waals surface area (Å²) in [4.78, 5) is 11.4. The highest BCUT2D eigenvalue weighted by Crippen LogP contribution is 2.26. The van der Waals surface area contributed by atoms with Crippen molar-refractivity contribution in [2.24, 2.45) is 0 Å². The van der Waals surface area contributed by atoms with Crippen LogP contribution >= 0.6 is 0 Å². The number of benzene rings is 2.